The molecule has 0 aliphatic carbocycles. The van der Waals surface area contributed by atoms with Gasteiger partial charge in [0.05, 0.1) is 18.1 Å². The van der Waals surface area contributed by atoms with Crippen LogP contribution in [0.2, 0.25) is 0 Å². The van der Waals surface area contributed by atoms with Gasteiger partial charge in [0, 0.05) is 6.04 Å². The highest BCUT2D eigenvalue weighted by atomic mass is 32.2. The predicted molar refractivity (Wildman–Crippen MR) is 67.4 cm³/mol. The quantitative estimate of drug-likeness (QED) is 0.677. The first kappa shape index (κ1) is 14.3. The Morgan fingerprint density at radius 2 is 2.05 bits per heavy atom. The van der Waals surface area contributed by atoms with Gasteiger partial charge < -0.3 is 10.4 Å². The first-order chi connectivity index (χ1) is 8.87. The van der Waals surface area contributed by atoms with Crippen LogP contribution in [0.25, 0.3) is 0 Å². The maximum atomic E-state index is 11.8. The number of carbonyl (C=O) groups excluding carboxylic acids is 1. The Morgan fingerprint density at radius 1 is 1.32 bits per heavy atom. The van der Waals surface area contributed by atoms with Gasteiger partial charge in [-0.15, -0.1) is 0 Å². The lowest BCUT2D eigenvalue weighted by Gasteiger charge is -2.21. The number of likely N-dealkylation sites (tertiary alicyclic amines) is 1. The molecular formula is C11H18N2O5S. The zero-order valence-electron chi connectivity index (χ0n) is 10.5. The lowest BCUT2D eigenvalue weighted by atomic mass is 10.2. The van der Waals surface area contributed by atoms with E-state index in [0.29, 0.717) is 19.4 Å². The summed E-state index contributed by atoms with van der Waals surface area (Å²) >= 11 is 0. The number of carboxylic acids is 1. The number of sulfone groups is 1. The molecule has 0 aromatic heterocycles. The van der Waals surface area contributed by atoms with E-state index in [1.165, 1.54) is 0 Å². The molecule has 7 nitrogen and oxygen atoms in total. The predicted octanol–water partition coefficient (Wildman–Crippen LogP) is -1.16. The molecule has 2 aliphatic heterocycles. The van der Waals surface area contributed by atoms with Gasteiger partial charge in [-0.25, -0.2) is 8.42 Å². The van der Waals surface area contributed by atoms with Gasteiger partial charge in [0.2, 0.25) is 5.91 Å². The largest absolute Gasteiger partial charge is 0.480 e. The van der Waals surface area contributed by atoms with Gasteiger partial charge in [0.25, 0.3) is 0 Å². The van der Waals surface area contributed by atoms with Gasteiger partial charge in [-0.3, -0.25) is 14.5 Å². The second kappa shape index (κ2) is 5.46. The Labute approximate surface area is 111 Å². The molecule has 2 unspecified atom stereocenters. The molecule has 2 heterocycles. The number of carboxylic acid groups (broad SMARTS) is 1. The van der Waals surface area contributed by atoms with Crippen LogP contribution in [0.5, 0.6) is 0 Å². The van der Waals surface area contributed by atoms with E-state index in [9.17, 15) is 18.0 Å². The molecule has 2 atom stereocenters. The molecule has 8 heteroatoms. The monoisotopic (exact) mass is 290 g/mol. The van der Waals surface area contributed by atoms with Gasteiger partial charge in [0.15, 0.2) is 9.84 Å². The maximum Gasteiger partial charge on any atom is 0.320 e. The molecule has 0 aromatic carbocycles. The summed E-state index contributed by atoms with van der Waals surface area (Å²) in [5.41, 5.74) is 0. The third-order valence-electron chi connectivity index (χ3n) is 3.59. The lowest BCUT2D eigenvalue weighted by Crippen LogP contribution is -2.45. The fourth-order valence-corrected chi connectivity index (χ4v) is 4.34. The van der Waals surface area contributed by atoms with Crippen LogP contribution in [0.1, 0.15) is 19.3 Å². The van der Waals surface area contributed by atoms with Gasteiger partial charge in [-0.05, 0) is 25.8 Å². The van der Waals surface area contributed by atoms with Crippen LogP contribution in [-0.4, -0.2) is 67.0 Å². The molecule has 0 aromatic rings. The van der Waals surface area contributed by atoms with Crippen LogP contribution in [0.15, 0.2) is 0 Å². The van der Waals surface area contributed by atoms with E-state index in [0.717, 1.165) is 6.42 Å². The zero-order valence-corrected chi connectivity index (χ0v) is 11.4. The van der Waals surface area contributed by atoms with Crippen LogP contribution in [0.3, 0.4) is 0 Å². The van der Waals surface area contributed by atoms with Crippen molar-refractivity contribution in [3.05, 3.63) is 0 Å². The van der Waals surface area contributed by atoms with E-state index >= 15 is 0 Å². The average molecular weight is 290 g/mol. The standard InChI is InChI=1S/C11H18N2O5S/c14-10(12-8-3-5-19(17,18)7-8)6-13-4-1-2-9(13)11(15)16/h8-9H,1-7H2,(H,12,14)(H,15,16). The van der Waals surface area contributed by atoms with Gasteiger partial charge in [-0.2, -0.15) is 0 Å². The summed E-state index contributed by atoms with van der Waals surface area (Å²) in [6.07, 6.45) is 1.76. The van der Waals surface area contributed by atoms with Crippen LogP contribution >= 0.6 is 0 Å². The first-order valence-corrected chi connectivity index (χ1v) is 8.16. The summed E-state index contributed by atoms with van der Waals surface area (Å²) in [4.78, 5) is 24.4. The van der Waals surface area contributed by atoms with Crippen molar-refractivity contribution in [1.29, 1.82) is 0 Å². The molecule has 0 radical (unpaired) electrons. The summed E-state index contributed by atoms with van der Waals surface area (Å²) in [7, 11) is -3.01. The van der Waals surface area contributed by atoms with Crippen LogP contribution in [0, 0.1) is 0 Å². The van der Waals surface area contributed by atoms with Crippen molar-refractivity contribution in [3.63, 3.8) is 0 Å². The topological polar surface area (TPSA) is 104 Å². The summed E-state index contributed by atoms with van der Waals surface area (Å²) in [6, 6.07) is -0.929. The van der Waals surface area contributed by atoms with Crippen molar-refractivity contribution in [3.8, 4) is 0 Å². The van der Waals surface area contributed by atoms with E-state index in [4.69, 9.17) is 5.11 Å². The molecule has 1 amide bonds. The van der Waals surface area contributed by atoms with Crippen molar-refractivity contribution in [1.82, 2.24) is 10.2 Å². The molecule has 2 rings (SSSR count). The van der Waals surface area contributed by atoms with Gasteiger partial charge >= 0.3 is 5.97 Å². The van der Waals surface area contributed by atoms with E-state index in [1.54, 1.807) is 4.90 Å². The van der Waals surface area contributed by atoms with E-state index in [1.807, 2.05) is 0 Å². The number of rotatable bonds is 4. The summed E-state index contributed by atoms with van der Waals surface area (Å²) in [6.45, 7) is 0.612. The van der Waals surface area contributed by atoms with Crippen LogP contribution in [-0.2, 0) is 19.4 Å². The highest BCUT2D eigenvalue weighted by Crippen LogP contribution is 2.17. The van der Waals surface area contributed by atoms with Crippen molar-refractivity contribution >= 4 is 21.7 Å². The third kappa shape index (κ3) is 3.66. The molecular weight excluding hydrogens is 272 g/mol. The number of hydrogen-bond donors (Lipinski definition) is 2. The van der Waals surface area contributed by atoms with E-state index < -0.39 is 21.8 Å². The number of nitrogens with zero attached hydrogens (tertiary/aromatic N) is 1. The minimum atomic E-state index is -3.01. The molecule has 2 fully saturated rings. The van der Waals surface area contributed by atoms with Crippen molar-refractivity contribution in [2.45, 2.75) is 31.3 Å². The third-order valence-corrected chi connectivity index (χ3v) is 5.36. The van der Waals surface area contributed by atoms with Crippen LogP contribution in [0.4, 0.5) is 0 Å². The summed E-state index contributed by atoms with van der Waals surface area (Å²) < 4.78 is 22.5. The Balaban J connectivity index is 1.83. The molecule has 19 heavy (non-hydrogen) atoms. The minimum Gasteiger partial charge on any atom is -0.480 e. The van der Waals surface area contributed by atoms with Crippen molar-refractivity contribution in [2.75, 3.05) is 24.6 Å². The highest BCUT2D eigenvalue weighted by molar-refractivity contribution is 7.91. The van der Waals surface area contributed by atoms with Crippen molar-refractivity contribution < 1.29 is 23.1 Å². The van der Waals surface area contributed by atoms with Gasteiger partial charge in [0.1, 0.15) is 6.04 Å². The minimum absolute atomic E-state index is 0.0128. The lowest BCUT2D eigenvalue weighted by molar-refractivity contribution is -0.142. The first-order valence-electron chi connectivity index (χ1n) is 6.34. The van der Waals surface area contributed by atoms with Crippen molar-refractivity contribution in [2.24, 2.45) is 0 Å². The van der Waals surface area contributed by atoms with E-state index in [2.05, 4.69) is 5.32 Å². The molecule has 2 saturated heterocycles. The normalized spacial score (nSPS) is 30.3. The Hall–Kier alpha value is -1.15. The molecule has 0 spiro atoms. The van der Waals surface area contributed by atoms with Gasteiger partial charge in [-0.1, -0.05) is 0 Å². The number of aliphatic carboxylic acids is 1. The number of carbonyl (C=O) groups is 2. The molecule has 108 valence electrons. The Morgan fingerprint density at radius 3 is 2.63 bits per heavy atom. The SMILES string of the molecule is O=C(CN1CCCC1C(=O)O)NC1CCS(=O)(=O)C1. The average Bonchev–Trinajstić information content (AvgIpc) is 2.85. The highest BCUT2D eigenvalue weighted by Gasteiger charge is 2.33. The van der Waals surface area contributed by atoms with Crippen LogP contribution < -0.4 is 5.32 Å². The second-order valence-corrected chi connectivity index (χ2v) is 7.36. The molecule has 0 bridgehead atoms. The smallest absolute Gasteiger partial charge is 0.320 e. The number of amides is 1. The fraction of sp³-hybridized carbons (Fsp3) is 0.818. The Bertz CT molecular complexity index is 475. The number of nitrogens with one attached hydrogen (secondary N) is 1. The Kier molecular flexibility index (Phi) is 4.10. The second-order valence-electron chi connectivity index (χ2n) is 5.13. The molecule has 2 N–H and O–H groups in total. The van der Waals surface area contributed by atoms with E-state index in [-0.39, 0.29) is 30.0 Å². The zero-order chi connectivity index (χ0) is 14.0. The summed E-state index contributed by atoms with van der Waals surface area (Å²) in [5, 5.41) is 11.7. The number of hydrogen-bond acceptors (Lipinski definition) is 5. The molecule has 0 saturated carbocycles. The summed E-state index contributed by atoms with van der Waals surface area (Å²) in [5.74, 6) is -1.11. The fourth-order valence-electron chi connectivity index (χ4n) is 2.66. The molecule has 2 aliphatic rings. The maximum absolute atomic E-state index is 11.8.